The van der Waals surface area contributed by atoms with Crippen LogP contribution in [0.1, 0.15) is 44.1 Å². The van der Waals surface area contributed by atoms with Gasteiger partial charge in [0.15, 0.2) is 0 Å². The molecule has 2 rings (SSSR count). The van der Waals surface area contributed by atoms with Crippen LogP contribution in [0.15, 0.2) is 53.0 Å². The van der Waals surface area contributed by atoms with E-state index in [1.807, 2.05) is 19.1 Å². The molecule has 22 heavy (non-hydrogen) atoms. The lowest BCUT2D eigenvalue weighted by molar-refractivity contribution is 0.579. The molecule has 0 bridgehead atoms. The number of nitrogens with one attached hydrogen (secondary N) is 1. The Morgan fingerprint density at radius 3 is 2.64 bits per heavy atom. The molecule has 1 aromatic rings. The van der Waals surface area contributed by atoms with Crippen LogP contribution in [0.4, 0.5) is 0 Å². The summed E-state index contributed by atoms with van der Waals surface area (Å²) >= 11 is 0. The van der Waals surface area contributed by atoms with Crippen LogP contribution >= 0.6 is 0 Å². The molecule has 0 amide bonds. The van der Waals surface area contributed by atoms with Gasteiger partial charge in [0, 0.05) is 6.54 Å². The summed E-state index contributed by atoms with van der Waals surface area (Å²) in [5, 5.41) is 0. The van der Waals surface area contributed by atoms with Crippen LogP contribution < -0.4 is 4.72 Å². The summed E-state index contributed by atoms with van der Waals surface area (Å²) in [6, 6.07) is 6.92. The van der Waals surface area contributed by atoms with Gasteiger partial charge in [-0.1, -0.05) is 41.5 Å². The van der Waals surface area contributed by atoms with Gasteiger partial charge in [-0.25, -0.2) is 13.1 Å². The van der Waals surface area contributed by atoms with Gasteiger partial charge >= 0.3 is 0 Å². The van der Waals surface area contributed by atoms with Gasteiger partial charge in [-0.15, -0.1) is 0 Å². The predicted octanol–water partition coefficient (Wildman–Crippen LogP) is 4.11. The maximum atomic E-state index is 12.1. The van der Waals surface area contributed by atoms with Crippen LogP contribution in [0.5, 0.6) is 0 Å². The highest BCUT2D eigenvalue weighted by atomic mass is 32.2. The van der Waals surface area contributed by atoms with Crippen LogP contribution in [0.25, 0.3) is 0 Å². The summed E-state index contributed by atoms with van der Waals surface area (Å²) in [5.74, 6) is 0. The molecule has 1 aromatic carbocycles. The quantitative estimate of drug-likeness (QED) is 0.769. The highest BCUT2D eigenvalue weighted by Crippen LogP contribution is 2.18. The van der Waals surface area contributed by atoms with Crippen molar-refractivity contribution in [1.82, 2.24) is 4.72 Å². The Hall–Kier alpha value is -1.39. The lowest BCUT2D eigenvalue weighted by atomic mass is 9.99. The van der Waals surface area contributed by atoms with Crippen molar-refractivity contribution in [2.24, 2.45) is 0 Å². The summed E-state index contributed by atoms with van der Waals surface area (Å²) < 4.78 is 26.8. The van der Waals surface area contributed by atoms with E-state index < -0.39 is 10.0 Å². The summed E-state index contributed by atoms with van der Waals surface area (Å²) in [5.41, 5.74) is 2.48. The molecule has 0 aromatic heterocycles. The molecular weight excluding hydrogens is 294 g/mol. The van der Waals surface area contributed by atoms with Crippen molar-refractivity contribution in [1.29, 1.82) is 0 Å². The molecule has 3 nitrogen and oxygen atoms in total. The summed E-state index contributed by atoms with van der Waals surface area (Å²) in [4.78, 5) is 0.334. The molecule has 0 saturated heterocycles. The minimum atomic E-state index is -3.37. The second-order valence-corrected chi connectivity index (χ2v) is 7.55. The van der Waals surface area contributed by atoms with Gasteiger partial charge < -0.3 is 0 Å². The minimum absolute atomic E-state index is 0.334. The normalized spacial score (nSPS) is 16.0. The van der Waals surface area contributed by atoms with Crippen LogP contribution in [0, 0.1) is 6.92 Å². The first-order valence-corrected chi connectivity index (χ1v) is 9.48. The molecule has 0 radical (unpaired) electrons. The molecule has 0 unspecified atom stereocenters. The van der Waals surface area contributed by atoms with Crippen molar-refractivity contribution in [2.75, 3.05) is 6.54 Å². The average Bonchev–Trinajstić information content (AvgIpc) is 2.52. The van der Waals surface area contributed by atoms with E-state index in [4.69, 9.17) is 0 Å². The minimum Gasteiger partial charge on any atom is -0.211 e. The van der Waals surface area contributed by atoms with E-state index >= 15 is 0 Å². The first kappa shape index (κ1) is 17.0. The second kappa shape index (κ2) is 8.30. The zero-order valence-electron chi connectivity index (χ0n) is 13.2. The third-order valence-electron chi connectivity index (χ3n) is 3.83. The Balaban J connectivity index is 1.72. The molecule has 120 valence electrons. The van der Waals surface area contributed by atoms with Gasteiger partial charge in [-0.2, -0.15) is 0 Å². The second-order valence-electron chi connectivity index (χ2n) is 5.78. The number of benzene rings is 1. The Bertz CT molecular complexity index is 628. The molecule has 0 heterocycles. The lowest BCUT2D eigenvalue weighted by Crippen LogP contribution is -2.24. The van der Waals surface area contributed by atoms with E-state index in [9.17, 15) is 8.42 Å². The first-order chi connectivity index (χ1) is 10.6. The standard InChI is InChI=1S/C18H25NO2S/c1-16-11-13-18(14-12-16)22(20,21)19-15-7-3-6-10-17-8-4-2-5-9-17/h6,8,10-14,19H,2-5,7,9,15H2,1H3/b10-6+. The first-order valence-electron chi connectivity index (χ1n) is 8.00. The predicted molar refractivity (Wildman–Crippen MR) is 91.3 cm³/mol. The molecule has 4 heteroatoms. The number of allylic oxidation sites excluding steroid dienone is 4. The van der Waals surface area contributed by atoms with Gasteiger partial charge in [0.2, 0.25) is 10.0 Å². The van der Waals surface area contributed by atoms with Gasteiger partial charge in [-0.3, -0.25) is 0 Å². The number of unbranched alkanes of at least 4 members (excludes halogenated alkanes) is 1. The van der Waals surface area contributed by atoms with Gasteiger partial charge in [-0.05, 0) is 57.6 Å². The number of hydrogen-bond acceptors (Lipinski definition) is 2. The van der Waals surface area contributed by atoms with Crippen molar-refractivity contribution >= 4 is 10.0 Å². The van der Waals surface area contributed by atoms with Crippen LogP contribution in [0.2, 0.25) is 0 Å². The smallest absolute Gasteiger partial charge is 0.211 e. The molecule has 0 saturated carbocycles. The van der Waals surface area contributed by atoms with Crippen LogP contribution in [-0.2, 0) is 10.0 Å². The van der Waals surface area contributed by atoms with E-state index in [1.165, 1.54) is 31.3 Å². The van der Waals surface area contributed by atoms with Crippen molar-refractivity contribution < 1.29 is 8.42 Å². The van der Waals surface area contributed by atoms with Crippen LogP contribution in [-0.4, -0.2) is 15.0 Å². The molecular formula is C18H25NO2S. The zero-order valence-corrected chi connectivity index (χ0v) is 14.0. The third kappa shape index (κ3) is 5.43. The topological polar surface area (TPSA) is 46.2 Å². The van der Waals surface area contributed by atoms with Crippen molar-refractivity contribution in [3.63, 3.8) is 0 Å². The fourth-order valence-electron chi connectivity index (χ4n) is 2.48. The monoisotopic (exact) mass is 319 g/mol. The Labute approximate surface area is 134 Å². The number of sulfonamides is 1. The number of hydrogen-bond donors (Lipinski definition) is 1. The average molecular weight is 319 g/mol. The zero-order chi connectivity index (χ0) is 15.8. The fraction of sp³-hybridized carbons (Fsp3) is 0.444. The largest absolute Gasteiger partial charge is 0.240 e. The molecule has 0 spiro atoms. The molecule has 0 aliphatic heterocycles. The number of aryl methyl sites for hydroxylation is 1. The van der Waals surface area contributed by atoms with Gasteiger partial charge in [0.1, 0.15) is 0 Å². The molecule has 1 aliphatic rings. The highest BCUT2D eigenvalue weighted by molar-refractivity contribution is 7.89. The fourth-order valence-corrected chi connectivity index (χ4v) is 3.55. The SMILES string of the molecule is Cc1ccc(S(=O)(=O)NCCC/C=C/C2=CCCCC2)cc1. The summed E-state index contributed by atoms with van der Waals surface area (Å²) in [6.07, 6.45) is 13.3. The van der Waals surface area contributed by atoms with E-state index in [-0.39, 0.29) is 0 Å². The summed E-state index contributed by atoms with van der Waals surface area (Å²) in [7, 11) is -3.37. The van der Waals surface area contributed by atoms with E-state index in [0.29, 0.717) is 11.4 Å². The van der Waals surface area contributed by atoms with E-state index in [0.717, 1.165) is 18.4 Å². The lowest BCUT2D eigenvalue weighted by Gasteiger charge is -2.08. The Morgan fingerprint density at radius 1 is 1.18 bits per heavy atom. The number of rotatable bonds is 7. The third-order valence-corrected chi connectivity index (χ3v) is 5.31. The van der Waals surface area contributed by atoms with Gasteiger partial charge in [0.25, 0.3) is 0 Å². The molecule has 0 fully saturated rings. The van der Waals surface area contributed by atoms with Crippen LogP contribution in [0.3, 0.4) is 0 Å². The Kier molecular flexibility index (Phi) is 6.40. The molecule has 1 N–H and O–H groups in total. The van der Waals surface area contributed by atoms with Crippen molar-refractivity contribution in [3.05, 3.63) is 53.6 Å². The van der Waals surface area contributed by atoms with Crippen molar-refractivity contribution in [2.45, 2.75) is 50.3 Å². The summed E-state index contributed by atoms with van der Waals surface area (Å²) in [6.45, 7) is 2.41. The maximum Gasteiger partial charge on any atom is 0.240 e. The molecule has 0 atom stereocenters. The molecule has 1 aliphatic carbocycles. The van der Waals surface area contributed by atoms with Gasteiger partial charge in [0.05, 0.1) is 4.90 Å². The van der Waals surface area contributed by atoms with Crippen molar-refractivity contribution in [3.8, 4) is 0 Å². The van der Waals surface area contributed by atoms with E-state index in [1.54, 1.807) is 12.1 Å². The maximum absolute atomic E-state index is 12.1. The van der Waals surface area contributed by atoms with E-state index in [2.05, 4.69) is 23.0 Å². The highest BCUT2D eigenvalue weighted by Gasteiger charge is 2.12. The Morgan fingerprint density at radius 2 is 1.95 bits per heavy atom.